The lowest BCUT2D eigenvalue weighted by molar-refractivity contribution is 0.404. The Bertz CT molecular complexity index is 464. The summed E-state index contributed by atoms with van der Waals surface area (Å²) in [6.07, 6.45) is 3.34. The van der Waals surface area contributed by atoms with E-state index in [1.165, 1.54) is 0 Å². The summed E-state index contributed by atoms with van der Waals surface area (Å²) in [5.74, 6) is -2.82. The molecule has 2 bridgehead atoms. The Morgan fingerprint density at radius 2 is 1.67 bits per heavy atom. The molecule has 1 aromatic carbocycles. The molecule has 0 aliphatic carbocycles. The molecule has 2 N–H and O–H groups in total. The van der Waals surface area contributed by atoms with E-state index >= 15 is 0 Å². The Labute approximate surface area is 104 Å². The van der Waals surface area contributed by atoms with Gasteiger partial charge in [-0.25, -0.2) is 13.2 Å². The lowest BCUT2D eigenvalue weighted by Gasteiger charge is -2.39. The predicted molar refractivity (Wildman–Crippen MR) is 62.8 cm³/mol. The van der Waals surface area contributed by atoms with Crippen molar-refractivity contribution in [1.82, 2.24) is 0 Å². The third-order valence-electron chi connectivity index (χ3n) is 4.02. The number of hydrogen-bond donors (Lipinski definition) is 1. The quantitative estimate of drug-likeness (QED) is 0.782. The lowest BCUT2D eigenvalue weighted by Crippen LogP contribution is -2.48. The molecule has 5 heteroatoms. The molecule has 2 heterocycles. The normalized spacial score (nSPS) is 30.9. The van der Waals surface area contributed by atoms with Gasteiger partial charge in [0.1, 0.15) is 5.82 Å². The van der Waals surface area contributed by atoms with Gasteiger partial charge in [0.05, 0.1) is 5.69 Å². The van der Waals surface area contributed by atoms with Crippen molar-refractivity contribution < 1.29 is 13.2 Å². The van der Waals surface area contributed by atoms with E-state index in [2.05, 4.69) is 0 Å². The second kappa shape index (κ2) is 4.16. The van der Waals surface area contributed by atoms with Gasteiger partial charge in [0, 0.05) is 30.3 Å². The van der Waals surface area contributed by atoms with Crippen LogP contribution in [0.3, 0.4) is 0 Å². The van der Waals surface area contributed by atoms with Crippen molar-refractivity contribution in [2.75, 3.05) is 4.90 Å². The highest BCUT2D eigenvalue weighted by molar-refractivity contribution is 5.52. The monoisotopic (exact) mass is 256 g/mol. The van der Waals surface area contributed by atoms with Crippen LogP contribution in [0.15, 0.2) is 12.1 Å². The minimum Gasteiger partial charge on any atom is -0.363 e. The molecular formula is C13H15F3N2. The highest BCUT2D eigenvalue weighted by atomic mass is 19.2. The summed E-state index contributed by atoms with van der Waals surface area (Å²) in [6.45, 7) is 0. The van der Waals surface area contributed by atoms with E-state index in [1.54, 1.807) is 0 Å². The summed E-state index contributed by atoms with van der Waals surface area (Å²) in [6, 6.07) is 1.99. The van der Waals surface area contributed by atoms with Crippen molar-refractivity contribution >= 4 is 5.69 Å². The van der Waals surface area contributed by atoms with Crippen LogP contribution in [0.1, 0.15) is 25.7 Å². The van der Waals surface area contributed by atoms with E-state index < -0.39 is 17.5 Å². The number of nitrogens with two attached hydrogens (primary N) is 1. The molecule has 1 aromatic rings. The average molecular weight is 256 g/mol. The van der Waals surface area contributed by atoms with Crippen molar-refractivity contribution in [2.45, 2.75) is 43.8 Å². The van der Waals surface area contributed by atoms with Gasteiger partial charge in [-0.15, -0.1) is 0 Å². The second-order valence-electron chi connectivity index (χ2n) is 5.24. The predicted octanol–water partition coefficient (Wildman–Crippen LogP) is 2.56. The molecule has 2 aliphatic heterocycles. The highest BCUT2D eigenvalue weighted by Gasteiger charge is 2.41. The molecule has 0 spiro atoms. The van der Waals surface area contributed by atoms with Crippen molar-refractivity contribution in [3.05, 3.63) is 29.6 Å². The number of nitrogens with zero attached hydrogens (tertiary/aromatic N) is 1. The molecule has 2 fully saturated rings. The molecule has 2 atom stereocenters. The molecular weight excluding hydrogens is 241 g/mol. The zero-order valence-corrected chi connectivity index (χ0v) is 9.87. The van der Waals surface area contributed by atoms with E-state index in [4.69, 9.17) is 5.73 Å². The second-order valence-corrected chi connectivity index (χ2v) is 5.24. The number of halogens is 3. The first-order valence-corrected chi connectivity index (χ1v) is 6.24. The van der Waals surface area contributed by atoms with Crippen LogP contribution >= 0.6 is 0 Å². The molecule has 18 heavy (non-hydrogen) atoms. The Morgan fingerprint density at radius 3 is 2.28 bits per heavy atom. The highest BCUT2D eigenvalue weighted by Crippen LogP contribution is 2.40. The van der Waals surface area contributed by atoms with Crippen LogP contribution in [-0.2, 0) is 0 Å². The summed E-state index contributed by atoms with van der Waals surface area (Å²) >= 11 is 0. The maximum Gasteiger partial charge on any atom is 0.182 e. The van der Waals surface area contributed by atoms with E-state index in [9.17, 15) is 13.2 Å². The zero-order valence-electron chi connectivity index (χ0n) is 9.87. The van der Waals surface area contributed by atoms with Crippen LogP contribution in [0.25, 0.3) is 0 Å². The maximum absolute atomic E-state index is 13.8. The fourth-order valence-electron chi connectivity index (χ4n) is 3.34. The molecule has 2 nitrogen and oxygen atoms in total. The fraction of sp³-hybridized carbons (Fsp3) is 0.538. The number of anilines is 1. The maximum atomic E-state index is 13.8. The van der Waals surface area contributed by atoms with Crippen LogP contribution in [0.2, 0.25) is 0 Å². The summed E-state index contributed by atoms with van der Waals surface area (Å²) in [7, 11) is 0. The first kappa shape index (κ1) is 11.8. The van der Waals surface area contributed by atoms with Crippen LogP contribution < -0.4 is 10.6 Å². The van der Waals surface area contributed by atoms with Gasteiger partial charge in [0.25, 0.3) is 0 Å². The minimum atomic E-state index is -1.13. The number of benzene rings is 1. The first-order chi connectivity index (χ1) is 8.56. The molecule has 3 rings (SSSR count). The van der Waals surface area contributed by atoms with E-state index in [1.807, 2.05) is 4.90 Å². The van der Waals surface area contributed by atoms with Crippen LogP contribution in [0.5, 0.6) is 0 Å². The zero-order chi connectivity index (χ0) is 12.9. The smallest absolute Gasteiger partial charge is 0.182 e. The van der Waals surface area contributed by atoms with Crippen molar-refractivity contribution in [2.24, 2.45) is 5.73 Å². The SMILES string of the molecule is NC1CC2CCC(C1)N2c1cc(F)cc(F)c1F. The van der Waals surface area contributed by atoms with Crippen molar-refractivity contribution in [1.29, 1.82) is 0 Å². The van der Waals surface area contributed by atoms with Gasteiger partial charge >= 0.3 is 0 Å². The van der Waals surface area contributed by atoms with Gasteiger partial charge < -0.3 is 10.6 Å². The van der Waals surface area contributed by atoms with Crippen molar-refractivity contribution in [3.8, 4) is 0 Å². The fourth-order valence-corrected chi connectivity index (χ4v) is 3.34. The summed E-state index contributed by atoms with van der Waals surface area (Å²) in [5.41, 5.74) is 5.97. The molecule has 0 amide bonds. The Hall–Kier alpha value is -1.23. The number of rotatable bonds is 1. The van der Waals surface area contributed by atoms with E-state index in [0.29, 0.717) is 6.07 Å². The van der Waals surface area contributed by atoms with Crippen molar-refractivity contribution in [3.63, 3.8) is 0 Å². The van der Waals surface area contributed by atoms with Gasteiger partial charge in [-0.05, 0) is 25.7 Å². The van der Waals surface area contributed by atoms with E-state index in [0.717, 1.165) is 31.7 Å². The molecule has 2 unspecified atom stereocenters. The van der Waals surface area contributed by atoms with E-state index in [-0.39, 0.29) is 23.8 Å². The third kappa shape index (κ3) is 1.77. The Balaban J connectivity index is 2.01. The number of fused-ring (bicyclic) bond motifs is 2. The summed E-state index contributed by atoms with van der Waals surface area (Å²) < 4.78 is 40.4. The minimum absolute atomic E-state index is 0.0481. The molecule has 98 valence electrons. The molecule has 0 aromatic heterocycles. The van der Waals surface area contributed by atoms with Crippen LogP contribution in [-0.4, -0.2) is 18.1 Å². The summed E-state index contributed by atoms with van der Waals surface area (Å²) in [5, 5.41) is 0. The Kier molecular flexibility index (Phi) is 2.73. The Morgan fingerprint density at radius 1 is 1.06 bits per heavy atom. The number of hydrogen-bond acceptors (Lipinski definition) is 2. The van der Waals surface area contributed by atoms with Gasteiger partial charge in [-0.2, -0.15) is 0 Å². The van der Waals surface area contributed by atoms with Gasteiger partial charge in [0.2, 0.25) is 0 Å². The third-order valence-corrected chi connectivity index (χ3v) is 4.02. The molecule has 2 aliphatic rings. The molecule has 0 saturated carbocycles. The average Bonchev–Trinajstić information content (AvgIpc) is 2.56. The first-order valence-electron chi connectivity index (χ1n) is 6.24. The standard InChI is InChI=1S/C13H15F3N2/c14-7-3-11(15)13(16)12(4-7)18-9-1-2-10(18)6-8(17)5-9/h3-4,8-10H,1-2,5-6,17H2. The largest absolute Gasteiger partial charge is 0.363 e. The lowest BCUT2D eigenvalue weighted by atomic mass is 9.97. The van der Waals surface area contributed by atoms with Crippen LogP contribution in [0.4, 0.5) is 18.9 Å². The van der Waals surface area contributed by atoms with Gasteiger partial charge in [0.15, 0.2) is 11.6 Å². The topological polar surface area (TPSA) is 29.3 Å². The molecule has 2 saturated heterocycles. The van der Waals surface area contributed by atoms with Gasteiger partial charge in [-0.1, -0.05) is 0 Å². The summed E-state index contributed by atoms with van der Waals surface area (Å²) in [4.78, 5) is 1.82. The molecule has 0 radical (unpaired) electrons. The van der Waals surface area contributed by atoms with Gasteiger partial charge in [-0.3, -0.25) is 0 Å². The number of piperidine rings is 1. The van der Waals surface area contributed by atoms with Crippen LogP contribution in [0, 0.1) is 17.5 Å².